The monoisotopic (exact) mass is 282 g/mol. The summed E-state index contributed by atoms with van der Waals surface area (Å²) >= 11 is 0. The zero-order valence-corrected chi connectivity index (χ0v) is 12.1. The van der Waals surface area contributed by atoms with Gasteiger partial charge in [0.2, 0.25) is 0 Å². The van der Waals surface area contributed by atoms with Gasteiger partial charge in [-0.15, -0.1) is 0 Å². The van der Waals surface area contributed by atoms with E-state index in [2.05, 4.69) is 23.5 Å². The fraction of sp³-hybridized carbons (Fsp3) is 0.235. The number of benzene rings is 2. The van der Waals surface area contributed by atoms with E-state index >= 15 is 0 Å². The maximum absolute atomic E-state index is 12.2. The lowest BCUT2D eigenvalue weighted by atomic mass is 9.99. The number of aryl methyl sites for hydroxylation is 2. The van der Waals surface area contributed by atoms with Gasteiger partial charge in [-0.1, -0.05) is 23.8 Å². The molecule has 0 aliphatic carbocycles. The number of hydrogen-bond donors (Lipinski definition) is 2. The molecule has 1 atom stereocenters. The molecule has 4 nitrogen and oxygen atoms in total. The maximum Gasteiger partial charge on any atom is 0.265 e. The summed E-state index contributed by atoms with van der Waals surface area (Å²) in [6, 6.07) is 11.5. The first-order valence-electron chi connectivity index (χ1n) is 6.96. The molecule has 1 aliphatic heterocycles. The topological polar surface area (TPSA) is 64.3 Å². The third kappa shape index (κ3) is 2.70. The number of anilines is 2. The van der Waals surface area contributed by atoms with Crippen LogP contribution in [0.4, 0.5) is 11.4 Å². The van der Waals surface area contributed by atoms with Gasteiger partial charge >= 0.3 is 0 Å². The van der Waals surface area contributed by atoms with Crippen LogP contribution in [-0.4, -0.2) is 12.0 Å². The molecular weight excluding hydrogens is 264 g/mol. The highest BCUT2D eigenvalue weighted by molar-refractivity contribution is 5.98. The van der Waals surface area contributed by atoms with Crippen molar-refractivity contribution in [3.05, 3.63) is 53.1 Å². The number of nitrogens with two attached hydrogens (primary N) is 1. The van der Waals surface area contributed by atoms with Gasteiger partial charge < -0.3 is 15.8 Å². The molecule has 1 unspecified atom stereocenters. The van der Waals surface area contributed by atoms with Gasteiger partial charge in [0.25, 0.3) is 5.91 Å². The third-order valence-corrected chi connectivity index (χ3v) is 3.74. The van der Waals surface area contributed by atoms with Crippen molar-refractivity contribution in [2.75, 3.05) is 11.1 Å². The Labute approximate surface area is 123 Å². The van der Waals surface area contributed by atoms with E-state index in [0.717, 1.165) is 11.1 Å². The number of carbonyl (C=O) groups excluding carboxylic acids is 1. The number of rotatable bonds is 2. The molecule has 1 heterocycles. The first kappa shape index (κ1) is 13.5. The molecule has 2 aromatic carbocycles. The summed E-state index contributed by atoms with van der Waals surface area (Å²) in [7, 11) is 0. The highest BCUT2D eigenvalue weighted by atomic mass is 16.5. The van der Waals surface area contributed by atoms with Crippen LogP contribution in [0.25, 0.3) is 0 Å². The van der Waals surface area contributed by atoms with E-state index in [4.69, 9.17) is 10.5 Å². The lowest BCUT2D eigenvalue weighted by Crippen LogP contribution is -2.38. The molecule has 1 aliphatic rings. The van der Waals surface area contributed by atoms with E-state index in [1.807, 2.05) is 13.8 Å². The Balaban J connectivity index is 1.86. The Morgan fingerprint density at radius 1 is 1.19 bits per heavy atom. The number of carbonyl (C=O) groups is 1. The van der Waals surface area contributed by atoms with E-state index in [0.29, 0.717) is 23.5 Å². The molecule has 0 fully saturated rings. The van der Waals surface area contributed by atoms with Crippen molar-refractivity contribution < 1.29 is 9.53 Å². The molecule has 1 amide bonds. The summed E-state index contributed by atoms with van der Waals surface area (Å²) in [5, 5.41) is 2.87. The smallest absolute Gasteiger partial charge is 0.265 e. The van der Waals surface area contributed by atoms with Crippen molar-refractivity contribution >= 4 is 17.3 Å². The summed E-state index contributed by atoms with van der Waals surface area (Å²) in [6.45, 7) is 4.09. The number of hydrogen-bond acceptors (Lipinski definition) is 3. The van der Waals surface area contributed by atoms with Crippen molar-refractivity contribution in [2.45, 2.75) is 26.4 Å². The van der Waals surface area contributed by atoms with Gasteiger partial charge in [0.15, 0.2) is 6.10 Å². The standard InChI is InChI=1S/C17H18N2O2/c1-10-3-4-11(2)12(7-10)8-16-17(20)19-14-6-5-13(18)9-15(14)21-16/h3-7,9,16H,8,18H2,1-2H3,(H,19,20). The number of amides is 1. The average Bonchev–Trinajstić information content (AvgIpc) is 2.44. The highest BCUT2D eigenvalue weighted by Crippen LogP contribution is 2.32. The lowest BCUT2D eigenvalue weighted by molar-refractivity contribution is -0.123. The molecule has 3 rings (SSSR count). The molecule has 0 radical (unpaired) electrons. The van der Waals surface area contributed by atoms with E-state index in [-0.39, 0.29) is 5.91 Å². The van der Waals surface area contributed by atoms with Gasteiger partial charge in [-0.3, -0.25) is 4.79 Å². The van der Waals surface area contributed by atoms with Gasteiger partial charge in [0, 0.05) is 18.2 Å². The van der Waals surface area contributed by atoms with Crippen LogP contribution < -0.4 is 15.8 Å². The Kier molecular flexibility index (Phi) is 3.29. The largest absolute Gasteiger partial charge is 0.478 e. The molecule has 21 heavy (non-hydrogen) atoms. The fourth-order valence-electron chi connectivity index (χ4n) is 2.51. The van der Waals surface area contributed by atoms with Crippen molar-refractivity contribution in [1.29, 1.82) is 0 Å². The van der Waals surface area contributed by atoms with Crippen LogP contribution in [0.1, 0.15) is 16.7 Å². The van der Waals surface area contributed by atoms with Crippen LogP contribution in [0, 0.1) is 13.8 Å². The predicted molar refractivity (Wildman–Crippen MR) is 83.5 cm³/mol. The van der Waals surface area contributed by atoms with Crippen molar-refractivity contribution in [2.24, 2.45) is 0 Å². The van der Waals surface area contributed by atoms with Gasteiger partial charge in [0.1, 0.15) is 5.75 Å². The Morgan fingerprint density at radius 2 is 2.00 bits per heavy atom. The first-order chi connectivity index (χ1) is 10.0. The molecule has 0 saturated heterocycles. The SMILES string of the molecule is Cc1ccc(C)c(CC2Oc3cc(N)ccc3NC2=O)c1. The molecular formula is C17H18N2O2. The Bertz CT molecular complexity index is 710. The number of nitrogen functional groups attached to an aromatic ring is 1. The summed E-state index contributed by atoms with van der Waals surface area (Å²) in [5.41, 5.74) is 10.5. The van der Waals surface area contributed by atoms with Crippen molar-refractivity contribution in [3.8, 4) is 5.75 Å². The van der Waals surface area contributed by atoms with E-state index in [1.54, 1.807) is 18.2 Å². The van der Waals surface area contributed by atoms with Crippen molar-refractivity contribution in [1.82, 2.24) is 0 Å². The lowest BCUT2D eigenvalue weighted by Gasteiger charge is -2.26. The summed E-state index contributed by atoms with van der Waals surface area (Å²) in [5.74, 6) is 0.512. The molecule has 4 heteroatoms. The van der Waals surface area contributed by atoms with Gasteiger partial charge in [-0.05, 0) is 37.1 Å². The van der Waals surface area contributed by atoms with Gasteiger partial charge in [-0.25, -0.2) is 0 Å². The predicted octanol–water partition coefficient (Wildman–Crippen LogP) is 2.83. The first-order valence-corrected chi connectivity index (χ1v) is 6.96. The second kappa shape index (κ2) is 5.13. The molecule has 0 bridgehead atoms. The average molecular weight is 282 g/mol. The normalized spacial score (nSPS) is 16.9. The minimum absolute atomic E-state index is 0.117. The Hall–Kier alpha value is -2.49. The Morgan fingerprint density at radius 3 is 2.81 bits per heavy atom. The van der Waals surface area contributed by atoms with Crippen LogP contribution in [0.15, 0.2) is 36.4 Å². The highest BCUT2D eigenvalue weighted by Gasteiger charge is 2.28. The minimum Gasteiger partial charge on any atom is -0.478 e. The number of nitrogens with one attached hydrogen (secondary N) is 1. The number of ether oxygens (including phenoxy) is 1. The van der Waals surface area contributed by atoms with Crippen LogP contribution in [-0.2, 0) is 11.2 Å². The molecule has 108 valence electrons. The zero-order chi connectivity index (χ0) is 15.0. The number of fused-ring (bicyclic) bond motifs is 1. The minimum atomic E-state index is -0.528. The molecule has 3 N–H and O–H groups in total. The van der Waals surface area contributed by atoms with E-state index in [1.165, 1.54) is 5.56 Å². The summed E-state index contributed by atoms with van der Waals surface area (Å²) in [4.78, 5) is 12.2. The maximum atomic E-state index is 12.2. The van der Waals surface area contributed by atoms with Crippen LogP contribution in [0.5, 0.6) is 5.75 Å². The van der Waals surface area contributed by atoms with E-state index in [9.17, 15) is 4.79 Å². The third-order valence-electron chi connectivity index (χ3n) is 3.74. The van der Waals surface area contributed by atoms with Crippen molar-refractivity contribution in [3.63, 3.8) is 0 Å². The second-order valence-corrected chi connectivity index (χ2v) is 5.49. The van der Waals surface area contributed by atoms with Gasteiger partial charge in [0.05, 0.1) is 5.69 Å². The van der Waals surface area contributed by atoms with Crippen LogP contribution in [0.2, 0.25) is 0 Å². The summed E-state index contributed by atoms with van der Waals surface area (Å²) in [6.07, 6.45) is 0.0212. The quantitative estimate of drug-likeness (QED) is 0.832. The second-order valence-electron chi connectivity index (χ2n) is 5.49. The molecule has 0 aromatic heterocycles. The van der Waals surface area contributed by atoms with Crippen LogP contribution in [0.3, 0.4) is 0 Å². The molecule has 0 spiro atoms. The molecule has 2 aromatic rings. The van der Waals surface area contributed by atoms with Gasteiger partial charge in [-0.2, -0.15) is 0 Å². The van der Waals surface area contributed by atoms with E-state index < -0.39 is 6.10 Å². The molecule has 0 saturated carbocycles. The zero-order valence-electron chi connectivity index (χ0n) is 12.1. The van der Waals surface area contributed by atoms with Crippen LogP contribution >= 0.6 is 0 Å². The fourth-order valence-corrected chi connectivity index (χ4v) is 2.51. The summed E-state index contributed by atoms with van der Waals surface area (Å²) < 4.78 is 5.83.